The van der Waals surface area contributed by atoms with Crippen LogP contribution in [-0.4, -0.2) is 64.4 Å². The monoisotopic (exact) mass is 243 g/mol. The van der Waals surface area contributed by atoms with Crippen LogP contribution in [0.3, 0.4) is 0 Å². The van der Waals surface area contributed by atoms with Gasteiger partial charge in [0, 0.05) is 19.2 Å². The summed E-state index contributed by atoms with van der Waals surface area (Å²) < 4.78 is 5.05. The molecule has 0 radical (unpaired) electrons. The van der Waals surface area contributed by atoms with Gasteiger partial charge in [-0.15, -0.1) is 0 Å². The number of likely N-dealkylation sites (tertiary alicyclic amines) is 1. The fourth-order valence-corrected chi connectivity index (χ4v) is 2.49. The average Bonchev–Trinajstić information content (AvgIpc) is 2.78. The second-order valence-electron chi connectivity index (χ2n) is 5.04. The molecule has 0 saturated carbocycles. The smallest absolute Gasteiger partial charge is 0.0617 e. The second-order valence-corrected chi connectivity index (χ2v) is 5.04. The lowest BCUT2D eigenvalue weighted by atomic mass is 10.1. The topological polar surface area (TPSA) is 36.5 Å². The van der Waals surface area contributed by atoms with Crippen LogP contribution in [-0.2, 0) is 4.74 Å². The summed E-state index contributed by atoms with van der Waals surface area (Å²) in [5, 5.41) is 6.57. The van der Waals surface area contributed by atoms with Crippen molar-refractivity contribution in [3.63, 3.8) is 0 Å². The van der Waals surface area contributed by atoms with Crippen LogP contribution in [0.2, 0.25) is 0 Å². The number of hydrogen-bond acceptors (Lipinski definition) is 4. The van der Waals surface area contributed by atoms with Crippen molar-refractivity contribution in [2.45, 2.75) is 37.8 Å². The zero-order chi connectivity index (χ0) is 12.5. The number of nitrogens with one attached hydrogen (secondary N) is 2. The summed E-state index contributed by atoms with van der Waals surface area (Å²) in [5.41, 5.74) is 0. The molecule has 2 N–H and O–H groups in total. The van der Waals surface area contributed by atoms with E-state index in [9.17, 15) is 0 Å². The molecule has 4 nitrogen and oxygen atoms in total. The summed E-state index contributed by atoms with van der Waals surface area (Å²) in [6.07, 6.45) is 5.22. The zero-order valence-electron chi connectivity index (χ0n) is 11.7. The number of ether oxygens (including phenoxy) is 1. The largest absolute Gasteiger partial charge is 0.383 e. The number of likely N-dealkylation sites (N-methyl/N-ethyl adjacent to an activating group) is 1. The molecule has 0 aromatic rings. The van der Waals surface area contributed by atoms with Gasteiger partial charge in [0.1, 0.15) is 0 Å². The van der Waals surface area contributed by atoms with E-state index in [-0.39, 0.29) is 0 Å². The summed E-state index contributed by atoms with van der Waals surface area (Å²) in [7, 11) is 5.97. The van der Waals surface area contributed by atoms with Gasteiger partial charge in [0.2, 0.25) is 0 Å². The fourth-order valence-electron chi connectivity index (χ4n) is 2.49. The van der Waals surface area contributed by atoms with Gasteiger partial charge in [-0.25, -0.2) is 0 Å². The van der Waals surface area contributed by atoms with Crippen LogP contribution >= 0.6 is 0 Å². The molecule has 2 rings (SSSR count). The number of piperidine rings is 1. The molecule has 0 amide bonds. The summed E-state index contributed by atoms with van der Waals surface area (Å²) in [5.74, 6) is 0. The van der Waals surface area contributed by atoms with Gasteiger partial charge in [0.25, 0.3) is 0 Å². The maximum absolute atomic E-state index is 5.05. The Bertz CT molecular complexity index is 184. The molecular formula is C13H29N3O. The lowest BCUT2D eigenvalue weighted by Gasteiger charge is -2.21. The fraction of sp³-hybridized carbons (Fsp3) is 1.00. The van der Waals surface area contributed by atoms with E-state index in [1.807, 2.05) is 7.05 Å². The van der Waals surface area contributed by atoms with E-state index in [2.05, 4.69) is 22.6 Å². The predicted octanol–water partition coefficient (Wildman–Crippen LogP) is 0.685. The van der Waals surface area contributed by atoms with Crippen LogP contribution in [0.15, 0.2) is 0 Å². The first kappa shape index (κ1) is 14.9. The van der Waals surface area contributed by atoms with Gasteiger partial charge in [-0.2, -0.15) is 0 Å². The molecule has 2 saturated heterocycles. The maximum Gasteiger partial charge on any atom is 0.0617 e. The minimum absolute atomic E-state index is 0.690. The highest BCUT2D eigenvalue weighted by molar-refractivity contribution is 4.75. The molecule has 4 heteroatoms. The Morgan fingerprint density at radius 3 is 2.41 bits per heavy atom. The maximum atomic E-state index is 5.05. The molecule has 2 aliphatic rings. The van der Waals surface area contributed by atoms with E-state index in [0.29, 0.717) is 6.04 Å². The Kier molecular flexibility index (Phi) is 7.77. The molecule has 0 aliphatic carbocycles. The highest BCUT2D eigenvalue weighted by Crippen LogP contribution is 2.13. The van der Waals surface area contributed by atoms with Gasteiger partial charge in [-0.1, -0.05) is 0 Å². The van der Waals surface area contributed by atoms with Crippen LogP contribution in [0.25, 0.3) is 0 Å². The van der Waals surface area contributed by atoms with Gasteiger partial charge < -0.3 is 20.3 Å². The number of nitrogens with zero attached hydrogens (tertiary/aromatic N) is 1. The lowest BCUT2D eigenvalue weighted by Crippen LogP contribution is -2.37. The Morgan fingerprint density at radius 1 is 1.29 bits per heavy atom. The molecule has 0 aromatic carbocycles. The van der Waals surface area contributed by atoms with E-state index >= 15 is 0 Å². The molecule has 2 aliphatic heterocycles. The van der Waals surface area contributed by atoms with Crippen molar-refractivity contribution in [3.05, 3.63) is 0 Å². The van der Waals surface area contributed by atoms with Crippen molar-refractivity contribution in [1.82, 2.24) is 15.5 Å². The van der Waals surface area contributed by atoms with E-state index in [0.717, 1.165) is 12.6 Å². The molecule has 1 atom stereocenters. The van der Waals surface area contributed by atoms with Crippen LogP contribution < -0.4 is 10.6 Å². The third-order valence-corrected chi connectivity index (χ3v) is 3.78. The third-order valence-electron chi connectivity index (χ3n) is 3.78. The molecule has 2 heterocycles. The van der Waals surface area contributed by atoms with E-state index in [4.69, 9.17) is 4.74 Å². The van der Waals surface area contributed by atoms with Crippen LogP contribution in [0.4, 0.5) is 0 Å². The first-order valence-corrected chi connectivity index (χ1v) is 6.85. The first-order chi connectivity index (χ1) is 8.27. The van der Waals surface area contributed by atoms with E-state index < -0.39 is 0 Å². The molecule has 17 heavy (non-hydrogen) atoms. The summed E-state index contributed by atoms with van der Waals surface area (Å²) in [6.45, 7) is 4.52. The van der Waals surface area contributed by atoms with Crippen molar-refractivity contribution in [2.24, 2.45) is 0 Å². The molecule has 0 aromatic heterocycles. The van der Waals surface area contributed by atoms with Gasteiger partial charge in [-0.05, 0) is 59.4 Å². The minimum Gasteiger partial charge on any atom is -0.383 e. The van der Waals surface area contributed by atoms with Crippen LogP contribution in [0.1, 0.15) is 25.7 Å². The van der Waals surface area contributed by atoms with Crippen molar-refractivity contribution in [3.8, 4) is 0 Å². The van der Waals surface area contributed by atoms with Crippen molar-refractivity contribution < 1.29 is 4.74 Å². The van der Waals surface area contributed by atoms with Gasteiger partial charge in [0.15, 0.2) is 0 Å². The Hall–Kier alpha value is -0.160. The molecule has 0 spiro atoms. The molecule has 0 bridgehead atoms. The Morgan fingerprint density at radius 2 is 2.00 bits per heavy atom. The van der Waals surface area contributed by atoms with Gasteiger partial charge >= 0.3 is 0 Å². The molecule has 102 valence electrons. The van der Waals surface area contributed by atoms with Crippen molar-refractivity contribution in [1.29, 1.82) is 0 Å². The van der Waals surface area contributed by atoms with Crippen molar-refractivity contribution in [2.75, 3.05) is 47.4 Å². The Labute approximate surface area is 106 Å². The average molecular weight is 243 g/mol. The minimum atomic E-state index is 0.690. The molecular weight excluding hydrogens is 214 g/mol. The number of methoxy groups -OCH3 is 1. The van der Waals surface area contributed by atoms with Gasteiger partial charge in [-0.3, -0.25) is 0 Å². The SMILES string of the molecule is CNC1CCNCC1.COC[C@@H]1CCCN1C. The number of hydrogen-bond donors (Lipinski definition) is 2. The van der Waals surface area contributed by atoms with Crippen molar-refractivity contribution >= 4 is 0 Å². The number of rotatable bonds is 3. The van der Waals surface area contributed by atoms with Crippen LogP contribution in [0, 0.1) is 0 Å². The quantitative estimate of drug-likeness (QED) is 0.764. The second kappa shape index (κ2) is 8.86. The van der Waals surface area contributed by atoms with E-state index in [1.54, 1.807) is 7.11 Å². The predicted molar refractivity (Wildman–Crippen MR) is 72.5 cm³/mol. The summed E-state index contributed by atoms with van der Waals surface area (Å²) in [6, 6.07) is 1.46. The summed E-state index contributed by atoms with van der Waals surface area (Å²) >= 11 is 0. The summed E-state index contributed by atoms with van der Waals surface area (Å²) in [4.78, 5) is 2.36. The molecule has 0 unspecified atom stereocenters. The van der Waals surface area contributed by atoms with Crippen LogP contribution in [0.5, 0.6) is 0 Å². The van der Waals surface area contributed by atoms with E-state index in [1.165, 1.54) is 45.3 Å². The first-order valence-electron chi connectivity index (χ1n) is 6.85. The highest BCUT2D eigenvalue weighted by Gasteiger charge is 2.19. The molecule has 2 fully saturated rings. The zero-order valence-corrected chi connectivity index (χ0v) is 11.7. The van der Waals surface area contributed by atoms with Gasteiger partial charge in [0.05, 0.1) is 6.61 Å². The third kappa shape index (κ3) is 5.82. The Balaban J connectivity index is 0.000000171. The standard InChI is InChI=1S/C7H15NO.C6H14N2/c1-8-5-3-4-7(8)6-9-2;1-7-6-2-4-8-5-3-6/h7H,3-6H2,1-2H3;6-8H,2-5H2,1H3/t7-;/m0./s1. The lowest BCUT2D eigenvalue weighted by molar-refractivity contribution is 0.129. The highest BCUT2D eigenvalue weighted by atomic mass is 16.5. The normalized spacial score (nSPS) is 26.6.